The van der Waals surface area contributed by atoms with E-state index in [9.17, 15) is 0 Å². The van der Waals surface area contributed by atoms with E-state index >= 15 is 0 Å². The number of unbranched alkanes of at least 4 members (excludes halogenated alkanes) is 2. The van der Waals surface area contributed by atoms with Crippen LogP contribution in [0.2, 0.25) is 0 Å². The van der Waals surface area contributed by atoms with Gasteiger partial charge in [0.25, 0.3) is 0 Å². The number of rotatable bonds is 3. The number of hydrogen-bond donors (Lipinski definition) is 0. The smallest absolute Gasteiger partial charge is 0.343 e. The summed E-state index contributed by atoms with van der Waals surface area (Å²) in [5, 5.41) is 0. The minimum absolute atomic E-state index is 0. The van der Waals surface area contributed by atoms with Crippen LogP contribution in [-0.2, 0) is 0 Å². The molecule has 0 aliphatic rings. The average molecular weight is 216 g/mol. The zero-order valence-corrected chi connectivity index (χ0v) is 11.4. The molecule has 0 spiro atoms. The molecule has 0 aromatic rings. The van der Waals surface area contributed by atoms with Crippen LogP contribution in [0.5, 0.6) is 0 Å². The van der Waals surface area contributed by atoms with Gasteiger partial charge in [-0.2, -0.15) is 6.42 Å². The van der Waals surface area contributed by atoms with Crippen molar-refractivity contribution in [2.24, 2.45) is 0 Å². The molecule has 0 aliphatic heterocycles. The van der Waals surface area contributed by atoms with E-state index in [0.29, 0.717) is 0 Å². The molecule has 0 aromatic heterocycles. The summed E-state index contributed by atoms with van der Waals surface area (Å²) in [6.45, 7) is 7.25. The fraction of sp³-hybridized carbons (Fsp3) is 0.500. The molecule has 36 valence electrons. The molecule has 0 amide bonds. The first-order chi connectivity index (χ1) is 2.91. The van der Waals surface area contributed by atoms with Crippen molar-refractivity contribution < 1.29 is 68.9 Å². The normalized spacial score (nSPS) is 7.00. The molecule has 1 heteroatoms. The van der Waals surface area contributed by atoms with Crippen molar-refractivity contribution in [1.29, 1.82) is 0 Å². The molecule has 0 unspecified atom stereocenters. The van der Waals surface area contributed by atoms with E-state index < -0.39 is 0 Å². The fourth-order valence-corrected chi connectivity index (χ4v) is 0.289. The van der Waals surface area contributed by atoms with Crippen molar-refractivity contribution in [3.8, 4) is 0 Å². The molecule has 0 rings (SSSR count). The first-order valence-corrected chi connectivity index (χ1v) is 2.32. The van der Waals surface area contributed by atoms with Crippen LogP contribution in [0.1, 0.15) is 19.3 Å². The maximum atomic E-state index is 3.68. The predicted octanol–water partition coefficient (Wildman–Crippen LogP) is -0.819. The van der Waals surface area contributed by atoms with Crippen molar-refractivity contribution >= 4 is 0 Å². The third kappa shape index (κ3) is 11.4. The first-order valence-electron chi connectivity index (χ1n) is 2.32. The molecule has 0 nitrogen and oxygen atoms in total. The molecular formula is C6H11Cs. The monoisotopic (exact) mass is 216 g/mol. The van der Waals surface area contributed by atoms with Gasteiger partial charge in [0, 0.05) is 0 Å². The Morgan fingerprint density at radius 3 is 2.29 bits per heavy atom. The Bertz CT molecular complexity index is 33.2. The summed E-state index contributed by atoms with van der Waals surface area (Å²) in [4.78, 5) is 0. The third-order valence-electron chi connectivity index (χ3n) is 0.658. The predicted molar refractivity (Wildman–Crippen MR) is 29.4 cm³/mol. The summed E-state index contributed by atoms with van der Waals surface area (Å²) < 4.78 is 0. The minimum atomic E-state index is 0. The summed E-state index contributed by atoms with van der Waals surface area (Å²) in [7, 11) is 0. The van der Waals surface area contributed by atoms with Gasteiger partial charge in [0.1, 0.15) is 0 Å². The summed E-state index contributed by atoms with van der Waals surface area (Å²) in [5.74, 6) is 0. The number of allylic oxidation sites excluding steroid dienone is 1. The Balaban J connectivity index is 0. The van der Waals surface area contributed by atoms with Gasteiger partial charge in [-0.15, -0.1) is 6.58 Å². The van der Waals surface area contributed by atoms with Gasteiger partial charge >= 0.3 is 68.9 Å². The molecule has 0 radical (unpaired) electrons. The van der Waals surface area contributed by atoms with Crippen LogP contribution >= 0.6 is 0 Å². The van der Waals surface area contributed by atoms with Crippen molar-refractivity contribution in [3.63, 3.8) is 0 Å². The molecule has 7 heavy (non-hydrogen) atoms. The van der Waals surface area contributed by atoms with E-state index in [0.717, 1.165) is 12.8 Å². The van der Waals surface area contributed by atoms with Crippen LogP contribution in [-0.4, -0.2) is 0 Å². The Labute approximate surface area is 105 Å². The van der Waals surface area contributed by atoms with Gasteiger partial charge in [-0.25, -0.2) is 0 Å². The standard InChI is InChI=1S/C6H11.Cs/c1-3-5-6-4-2;/h3H,1-2,4-6H2;/q-1;+1. The Kier molecular flexibility index (Phi) is 17.7. The molecule has 0 N–H and O–H groups in total. The molecule has 0 saturated heterocycles. The van der Waals surface area contributed by atoms with Crippen molar-refractivity contribution in [3.05, 3.63) is 19.6 Å². The summed E-state index contributed by atoms with van der Waals surface area (Å²) in [5.41, 5.74) is 0. The van der Waals surface area contributed by atoms with E-state index in [-0.39, 0.29) is 68.9 Å². The van der Waals surface area contributed by atoms with Gasteiger partial charge < -0.3 is 6.92 Å². The fourth-order valence-electron chi connectivity index (χ4n) is 0.289. The molecule has 0 fully saturated rings. The Morgan fingerprint density at radius 2 is 2.14 bits per heavy atom. The second-order valence-corrected chi connectivity index (χ2v) is 1.28. The number of hydrogen-bond acceptors (Lipinski definition) is 0. The molecular weight excluding hydrogens is 205 g/mol. The topological polar surface area (TPSA) is 0 Å². The molecule has 0 aliphatic carbocycles. The Morgan fingerprint density at radius 1 is 1.57 bits per heavy atom. The van der Waals surface area contributed by atoms with E-state index in [2.05, 4.69) is 13.5 Å². The van der Waals surface area contributed by atoms with Crippen LogP contribution in [0.25, 0.3) is 0 Å². The first kappa shape index (κ1) is 11.6. The van der Waals surface area contributed by atoms with E-state index in [1.165, 1.54) is 6.42 Å². The zero-order valence-electron chi connectivity index (χ0n) is 5.11. The molecule has 0 saturated carbocycles. The van der Waals surface area contributed by atoms with Crippen LogP contribution in [0.4, 0.5) is 0 Å². The molecule has 0 heterocycles. The largest absolute Gasteiger partial charge is 1.00 e. The van der Waals surface area contributed by atoms with Gasteiger partial charge in [0.2, 0.25) is 0 Å². The van der Waals surface area contributed by atoms with E-state index in [1.807, 2.05) is 6.08 Å². The van der Waals surface area contributed by atoms with E-state index in [4.69, 9.17) is 0 Å². The average Bonchev–Trinajstić information content (AvgIpc) is 1.61. The Hall–Kier alpha value is 1.79. The maximum absolute atomic E-state index is 3.68. The molecule has 0 bridgehead atoms. The maximum Gasteiger partial charge on any atom is 1.00 e. The van der Waals surface area contributed by atoms with Crippen molar-refractivity contribution in [1.82, 2.24) is 0 Å². The molecule has 0 atom stereocenters. The van der Waals surface area contributed by atoms with Gasteiger partial charge in [0.15, 0.2) is 0 Å². The van der Waals surface area contributed by atoms with Crippen molar-refractivity contribution in [2.45, 2.75) is 19.3 Å². The van der Waals surface area contributed by atoms with Gasteiger partial charge in [-0.1, -0.05) is 12.5 Å². The second-order valence-electron chi connectivity index (χ2n) is 1.28. The van der Waals surface area contributed by atoms with Crippen LogP contribution in [0, 0.1) is 6.92 Å². The van der Waals surface area contributed by atoms with Crippen LogP contribution < -0.4 is 68.9 Å². The summed E-state index contributed by atoms with van der Waals surface area (Å²) in [6.07, 6.45) is 5.25. The summed E-state index contributed by atoms with van der Waals surface area (Å²) >= 11 is 0. The minimum Gasteiger partial charge on any atom is -0.343 e. The van der Waals surface area contributed by atoms with E-state index in [1.54, 1.807) is 0 Å². The third-order valence-corrected chi connectivity index (χ3v) is 0.658. The zero-order chi connectivity index (χ0) is 4.83. The SMILES string of the molecule is C=CCCC[CH2-].[Cs+]. The van der Waals surface area contributed by atoms with Crippen LogP contribution in [0.15, 0.2) is 12.7 Å². The molecule has 0 aromatic carbocycles. The van der Waals surface area contributed by atoms with Gasteiger partial charge in [-0.3, -0.25) is 0 Å². The van der Waals surface area contributed by atoms with Crippen molar-refractivity contribution in [2.75, 3.05) is 0 Å². The van der Waals surface area contributed by atoms with Gasteiger partial charge in [0.05, 0.1) is 0 Å². The second kappa shape index (κ2) is 10.7. The van der Waals surface area contributed by atoms with Crippen LogP contribution in [0.3, 0.4) is 0 Å². The summed E-state index contributed by atoms with van der Waals surface area (Å²) in [6, 6.07) is 0. The quantitative estimate of drug-likeness (QED) is 0.328. The van der Waals surface area contributed by atoms with Gasteiger partial charge in [-0.05, 0) is 6.42 Å².